The van der Waals surface area contributed by atoms with Gasteiger partial charge in [0, 0.05) is 12.1 Å². The molecule has 3 N–H and O–H groups in total. The Bertz CT molecular complexity index is 731. The molecule has 1 aliphatic heterocycles. The molecule has 1 saturated heterocycles. The van der Waals surface area contributed by atoms with Crippen LogP contribution in [0.15, 0.2) is 54.6 Å². The number of para-hydroxylation sites is 1. The van der Waals surface area contributed by atoms with E-state index < -0.39 is 0 Å². The van der Waals surface area contributed by atoms with Gasteiger partial charge in [0.15, 0.2) is 0 Å². The van der Waals surface area contributed by atoms with E-state index >= 15 is 0 Å². The van der Waals surface area contributed by atoms with Gasteiger partial charge in [-0.1, -0.05) is 30.3 Å². The first kappa shape index (κ1) is 19.9. The lowest BCUT2D eigenvalue weighted by atomic mass is 10.1. The largest absolute Gasteiger partial charge is 0.352 e. The van der Waals surface area contributed by atoms with Gasteiger partial charge in [-0.05, 0) is 56.1 Å². The molecule has 1 unspecified atom stereocenters. The number of hydrogen-bond acceptors (Lipinski definition) is 3. The monoisotopic (exact) mass is 373 g/mol. The van der Waals surface area contributed by atoms with E-state index in [1.807, 2.05) is 24.3 Å². The summed E-state index contributed by atoms with van der Waals surface area (Å²) in [6.45, 7) is 2.73. The molecular weight excluding hydrogens is 350 g/mol. The third kappa shape index (κ3) is 5.31. The lowest BCUT2D eigenvalue weighted by Gasteiger charge is -2.13. The van der Waals surface area contributed by atoms with E-state index in [1.165, 1.54) is 6.42 Å². The van der Waals surface area contributed by atoms with E-state index in [0.29, 0.717) is 29.3 Å². The lowest BCUT2D eigenvalue weighted by molar-refractivity contribution is 0.0952. The minimum Gasteiger partial charge on any atom is -0.352 e. The summed E-state index contributed by atoms with van der Waals surface area (Å²) in [5.41, 5.74) is 1.57. The van der Waals surface area contributed by atoms with Crippen molar-refractivity contribution in [2.24, 2.45) is 5.92 Å². The predicted octanol–water partition coefficient (Wildman–Crippen LogP) is 3.09. The molecule has 138 valence electrons. The van der Waals surface area contributed by atoms with Gasteiger partial charge in [-0.2, -0.15) is 0 Å². The first-order valence-electron chi connectivity index (χ1n) is 8.68. The maximum absolute atomic E-state index is 12.5. The summed E-state index contributed by atoms with van der Waals surface area (Å²) in [6.07, 6.45) is 2.14. The maximum atomic E-state index is 12.5. The number of amides is 2. The summed E-state index contributed by atoms with van der Waals surface area (Å²) in [4.78, 5) is 24.8. The Morgan fingerprint density at radius 3 is 2.46 bits per heavy atom. The highest BCUT2D eigenvalue weighted by atomic mass is 35.5. The van der Waals surface area contributed by atoms with Gasteiger partial charge in [0.1, 0.15) is 0 Å². The molecule has 5 nitrogen and oxygen atoms in total. The van der Waals surface area contributed by atoms with Crippen LogP contribution in [-0.4, -0.2) is 31.4 Å². The molecule has 1 heterocycles. The van der Waals surface area contributed by atoms with Crippen LogP contribution in [0.25, 0.3) is 0 Å². The Morgan fingerprint density at radius 1 is 1.00 bits per heavy atom. The molecule has 0 bridgehead atoms. The fourth-order valence-electron chi connectivity index (χ4n) is 3.02. The Kier molecular flexibility index (Phi) is 7.63. The Labute approximate surface area is 160 Å². The SMILES string of the molecule is Cl.O=C(Nc1ccccc1C(=O)NCCC1CCNC1)c1ccccc1. The topological polar surface area (TPSA) is 70.2 Å². The van der Waals surface area contributed by atoms with Gasteiger partial charge < -0.3 is 16.0 Å². The molecule has 0 aromatic heterocycles. The second-order valence-electron chi connectivity index (χ2n) is 6.27. The van der Waals surface area contributed by atoms with Gasteiger partial charge in [-0.15, -0.1) is 12.4 Å². The van der Waals surface area contributed by atoms with Crippen LogP contribution in [0.4, 0.5) is 5.69 Å². The number of hydrogen-bond donors (Lipinski definition) is 3. The third-order valence-corrected chi connectivity index (χ3v) is 4.46. The van der Waals surface area contributed by atoms with Crippen LogP contribution in [0.2, 0.25) is 0 Å². The summed E-state index contributed by atoms with van der Waals surface area (Å²) in [5, 5.41) is 9.12. The van der Waals surface area contributed by atoms with Crippen molar-refractivity contribution in [2.75, 3.05) is 25.0 Å². The molecule has 2 amide bonds. The number of carbonyl (C=O) groups is 2. The summed E-state index contributed by atoms with van der Waals surface area (Å²) in [7, 11) is 0. The van der Waals surface area contributed by atoms with Crippen molar-refractivity contribution in [1.29, 1.82) is 0 Å². The normalized spacial score (nSPS) is 15.8. The van der Waals surface area contributed by atoms with Crippen LogP contribution in [0.1, 0.15) is 33.6 Å². The average molecular weight is 374 g/mol. The van der Waals surface area contributed by atoms with Crippen molar-refractivity contribution in [1.82, 2.24) is 10.6 Å². The van der Waals surface area contributed by atoms with Crippen LogP contribution >= 0.6 is 12.4 Å². The second-order valence-corrected chi connectivity index (χ2v) is 6.27. The van der Waals surface area contributed by atoms with E-state index in [-0.39, 0.29) is 24.2 Å². The Morgan fingerprint density at radius 2 is 1.73 bits per heavy atom. The molecule has 2 aromatic carbocycles. The van der Waals surface area contributed by atoms with Crippen molar-refractivity contribution >= 4 is 29.9 Å². The summed E-state index contributed by atoms with van der Waals surface area (Å²) >= 11 is 0. The van der Waals surface area contributed by atoms with Crippen molar-refractivity contribution in [2.45, 2.75) is 12.8 Å². The molecule has 0 radical (unpaired) electrons. The molecule has 1 fully saturated rings. The zero-order valence-corrected chi connectivity index (χ0v) is 15.4. The fraction of sp³-hybridized carbons (Fsp3) is 0.300. The number of rotatable bonds is 6. The van der Waals surface area contributed by atoms with Crippen molar-refractivity contribution in [3.63, 3.8) is 0 Å². The molecule has 0 aliphatic carbocycles. The molecule has 0 saturated carbocycles. The molecule has 1 aliphatic rings. The predicted molar refractivity (Wildman–Crippen MR) is 106 cm³/mol. The first-order valence-corrected chi connectivity index (χ1v) is 8.68. The van der Waals surface area contributed by atoms with Crippen LogP contribution in [-0.2, 0) is 0 Å². The molecule has 2 aromatic rings. The summed E-state index contributed by atoms with van der Waals surface area (Å²) < 4.78 is 0. The number of nitrogens with one attached hydrogen (secondary N) is 3. The number of anilines is 1. The minimum atomic E-state index is -0.224. The number of halogens is 1. The number of carbonyl (C=O) groups excluding carboxylic acids is 2. The van der Waals surface area contributed by atoms with E-state index in [2.05, 4.69) is 16.0 Å². The number of benzene rings is 2. The zero-order valence-electron chi connectivity index (χ0n) is 14.5. The minimum absolute atomic E-state index is 0. The highest BCUT2D eigenvalue weighted by molar-refractivity contribution is 6.08. The van der Waals surface area contributed by atoms with Crippen LogP contribution < -0.4 is 16.0 Å². The smallest absolute Gasteiger partial charge is 0.255 e. The van der Waals surface area contributed by atoms with Crippen LogP contribution in [0, 0.1) is 5.92 Å². The lowest BCUT2D eigenvalue weighted by Crippen LogP contribution is -2.27. The van der Waals surface area contributed by atoms with E-state index in [9.17, 15) is 9.59 Å². The van der Waals surface area contributed by atoms with Gasteiger partial charge in [0.25, 0.3) is 11.8 Å². The van der Waals surface area contributed by atoms with Gasteiger partial charge in [-0.3, -0.25) is 9.59 Å². The van der Waals surface area contributed by atoms with Crippen molar-refractivity contribution in [3.8, 4) is 0 Å². The molecule has 6 heteroatoms. The maximum Gasteiger partial charge on any atom is 0.255 e. The van der Waals surface area contributed by atoms with Crippen LogP contribution in [0.5, 0.6) is 0 Å². The van der Waals surface area contributed by atoms with Crippen molar-refractivity contribution in [3.05, 3.63) is 65.7 Å². The molecule has 0 spiro atoms. The Balaban J connectivity index is 0.00000243. The van der Waals surface area contributed by atoms with Crippen LogP contribution in [0.3, 0.4) is 0 Å². The van der Waals surface area contributed by atoms with Gasteiger partial charge >= 0.3 is 0 Å². The molecule has 26 heavy (non-hydrogen) atoms. The van der Waals surface area contributed by atoms with Gasteiger partial charge in [-0.25, -0.2) is 0 Å². The summed E-state index contributed by atoms with van der Waals surface area (Å²) in [6, 6.07) is 16.1. The quantitative estimate of drug-likeness (QED) is 0.728. The van der Waals surface area contributed by atoms with E-state index in [4.69, 9.17) is 0 Å². The summed E-state index contributed by atoms with van der Waals surface area (Å²) in [5.74, 6) is 0.251. The van der Waals surface area contributed by atoms with E-state index in [1.54, 1.807) is 30.3 Å². The zero-order chi connectivity index (χ0) is 17.5. The Hall–Kier alpha value is -2.37. The third-order valence-electron chi connectivity index (χ3n) is 4.46. The van der Waals surface area contributed by atoms with Crippen molar-refractivity contribution < 1.29 is 9.59 Å². The molecular formula is C20H24ClN3O2. The van der Waals surface area contributed by atoms with E-state index in [0.717, 1.165) is 19.5 Å². The van der Waals surface area contributed by atoms with Gasteiger partial charge in [0.05, 0.1) is 11.3 Å². The standard InChI is InChI=1S/C20H23N3O2.ClH/c24-19(16-6-2-1-3-7-16)23-18-9-5-4-8-17(18)20(25)22-13-11-15-10-12-21-14-15;/h1-9,15,21H,10-14H2,(H,22,25)(H,23,24);1H. The van der Waals surface area contributed by atoms with Gasteiger partial charge in [0.2, 0.25) is 0 Å². The highest BCUT2D eigenvalue weighted by Gasteiger charge is 2.16. The fourth-order valence-corrected chi connectivity index (χ4v) is 3.02. The average Bonchev–Trinajstić information content (AvgIpc) is 3.16. The molecule has 1 atom stereocenters. The molecule has 3 rings (SSSR count). The first-order chi connectivity index (χ1) is 12.2. The highest BCUT2D eigenvalue weighted by Crippen LogP contribution is 2.17. The second kappa shape index (κ2) is 9.94.